The molecule has 12 nitrogen and oxygen atoms in total. The highest BCUT2D eigenvalue weighted by atomic mass is 127. The fourth-order valence-electron chi connectivity index (χ4n) is 3.67. The van der Waals surface area contributed by atoms with E-state index in [0.29, 0.717) is 25.1 Å². The lowest BCUT2D eigenvalue weighted by Gasteiger charge is -2.27. The molecule has 13 heteroatoms. The first kappa shape index (κ1) is 38.9. The van der Waals surface area contributed by atoms with Crippen LogP contribution in [-0.2, 0) is 28.6 Å². The lowest BCUT2D eigenvalue weighted by Crippen LogP contribution is -2.53. The van der Waals surface area contributed by atoms with Crippen LogP contribution in [0.1, 0.15) is 94.4 Å². The molecule has 44 heavy (non-hydrogen) atoms. The Bertz CT molecular complexity index is 1140. The summed E-state index contributed by atoms with van der Waals surface area (Å²) in [5.74, 6) is -1.89. The third-order valence-electron chi connectivity index (χ3n) is 5.34. The summed E-state index contributed by atoms with van der Waals surface area (Å²) in [4.78, 5) is 63.4. The number of carbonyl (C=O) groups is 5. The van der Waals surface area contributed by atoms with Gasteiger partial charge < -0.3 is 35.5 Å². The largest absolute Gasteiger partial charge is 0.460 e. The van der Waals surface area contributed by atoms with Crippen molar-refractivity contribution in [2.75, 3.05) is 11.9 Å². The zero-order valence-electron chi connectivity index (χ0n) is 27.4. The van der Waals surface area contributed by atoms with Crippen molar-refractivity contribution in [3.63, 3.8) is 0 Å². The van der Waals surface area contributed by atoms with Gasteiger partial charge in [-0.25, -0.2) is 19.2 Å². The number of ether oxygens (including phenoxy) is 3. The highest BCUT2D eigenvalue weighted by Crippen LogP contribution is 2.15. The first-order valence-corrected chi connectivity index (χ1v) is 15.8. The number of nitrogens with one attached hydrogen (secondary N) is 4. The second-order valence-corrected chi connectivity index (χ2v) is 14.5. The van der Waals surface area contributed by atoms with Crippen LogP contribution in [0.2, 0.25) is 0 Å². The van der Waals surface area contributed by atoms with Gasteiger partial charge in [0, 0.05) is 22.2 Å². The molecule has 0 heterocycles. The molecule has 0 bridgehead atoms. The highest BCUT2D eigenvalue weighted by Gasteiger charge is 2.31. The van der Waals surface area contributed by atoms with E-state index in [0.717, 1.165) is 3.57 Å². The molecule has 0 aliphatic heterocycles. The van der Waals surface area contributed by atoms with Crippen molar-refractivity contribution >= 4 is 58.2 Å². The van der Waals surface area contributed by atoms with E-state index in [1.165, 1.54) is 0 Å². The molecule has 2 atom stereocenters. The number of esters is 3. The fourth-order valence-corrected chi connectivity index (χ4v) is 4.22. The van der Waals surface area contributed by atoms with Gasteiger partial charge in [-0.1, -0.05) is 6.07 Å². The van der Waals surface area contributed by atoms with E-state index in [4.69, 9.17) is 14.2 Å². The van der Waals surface area contributed by atoms with Gasteiger partial charge in [0.15, 0.2) is 0 Å². The Morgan fingerprint density at radius 2 is 1.25 bits per heavy atom. The maximum Gasteiger partial charge on any atom is 0.329 e. The van der Waals surface area contributed by atoms with Gasteiger partial charge >= 0.3 is 30.0 Å². The molecule has 0 saturated heterocycles. The second kappa shape index (κ2) is 17.4. The van der Waals surface area contributed by atoms with E-state index < -0.39 is 52.8 Å². The number of rotatable bonds is 13. The molecule has 4 amide bonds. The fraction of sp³-hybridized carbons (Fsp3) is 0.645. The van der Waals surface area contributed by atoms with Crippen molar-refractivity contribution in [2.24, 2.45) is 0 Å². The van der Waals surface area contributed by atoms with Crippen LogP contribution in [0.15, 0.2) is 24.3 Å². The maximum absolute atomic E-state index is 13.0. The molecule has 1 unspecified atom stereocenters. The average Bonchev–Trinajstić information content (AvgIpc) is 2.82. The van der Waals surface area contributed by atoms with Crippen LogP contribution < -0.4 is 21.3 Å². The molecule has 0 spiro atoms. The van der Waals surface area contributed by atoms with E-state index >= 15 is 0 Å². The predicted octanol–water partition coefficient (Wildman–Crippen LogP) is 5.42. The molecule has 1 rings (SSSR count). The van der Waals surface area contributed by atoms with Crippen LogP contribution in [0.25, 0.3) is 0 Å². The second-order valence-electron chi connectivity index (χ2n) is 13.3. The Kier molecular flexibility index (Phi) is 15.4. The lowest BCUT2D eigenvalue weighted by atomic mass is 10.1. The SMILES string of the molecule is CC(C)(C)OC(=O)CC[C@H](NC(=O)NC(CCCCNC(=O)Nc1cccc(I)c1)C(=O)OC(C)(C)C)C(=O)OC(C)(C)C. The minimum absolute atomic E-state index is 0.0653. The Labute approximate surface area is 274 Å². The Morgan fingerprint density at radius 1 is 0.727 bits per heavy atom. The summed E-state index contributed by atoms with van der Waals surface area (Å²) in [5, 5.41) is 10.7. The van der Waals surface area contributed by atoms with Crippen LogP contribution in [0.4, 0.5) is 15.3 Å². The Balaban J connectivity index is 2.82. The van der Waals surface area contributed by atoms with Crippen LogP contribution in [0.5, 0.6) is 0 Å². The molecule has 1 aromatic rings. The Morgan fingerprint density at radius 3 is 1.75 bits per heavy atom. The summed E-state index contributed by atoms with van der Waals surface area (Å²) in [6.45, 7) is 15.8. The predicted molar refractivity (Wildman–Crippen MR) is 176 cm³/mol. The summed E-state index contributed by atoms with van der Waals surface area (Å²) < 4.78 is 17.3. The van der Waals surface area contributed by atoms with E-state index in [2.05, 4.69) is 43.9 Å². The van der Waals surface area contributed by atoms with Gasteiger partial charge in [-0.05, 0) is 129 Å². The maximum atomic E-state index is 13.0. The quantitative estimate of drug-likeness (QED) is 0.0905. The molecular formula is C31H49IN4O8. The van der Waals surface area contributed by atoms with Crippen molar-refractivity contribution in [1.29, 1.82) is 0 Å². The molecule has 0 aliphatic carbocycles. The van der Waals surface area contributed by atoms with Crippen LogP contribution in [0.3, 0.4) is 0 Å². The van der Waals surface area contributed by atoms with E-state index in [-0.39, 0.29) is 25.3 Å². The summed E-state index contributed by atoms with van der Waals surface area (Å²) in [5.41, 5.74) is -1.66. The van der Waals surface area contributed by atoms with Gasteiger partial charge in [0.2, 0.25) is 0 Å². The van der Waals surface area contributed by atoms with Crippen molar-refractivity contribution in [3.8, 4) is 0 Å². The van der Waals surface area contributed by atoms with Crippen LogP contribution in [0, 0.1) is 3.57 Å². The number of halogens is 1. The van der Waals surface area contributed by atoms with Gasteiger partial charge in [0.1, 0.15) is 28.9 Å². The lowest BCUT2D eigenvalue weighted by molar-refractivity contribution is -0.159. The summed E-state index contributed by atoms with van der Waals surface area (Å²) in [6, 6.07) is 4.04. The number of unbranched alkanes of at least 4 members (excludes halogenated alkanes) is 1. The molecule has 0 saturated carbocycles. The molecule has 0 aliphatic rings. The first-order valence-electron chi connectivity index (χ1n) is 14.7. The molecule has 1 aromatic carbocycles. The smallest absolute Gasteiger partial charge is 0.329 e. The number of carbonyl (C=O) groups excluding carboxylic acids is 5. The topological polar surface area (TPSA) is 161 Å². The first-order chi connectivity index (χ1) is 20.1. The molecule has 0 aromatic heterocycles. The number of benzene rings is 1. The summed E-state index contributed by atoms with van der Waals surface area (Å²) in [6.07, 6.45) is 1.02. The van der Waals surface area contributed by atoms with Gasteiger partial charge in [-0.2, -0.15) is 0 Å². The summed E-state index contributed by atoms with van der Waals surface area (Å²) >= 11 is 2.16. The minimum Gasteiger partial charge on any atom is -0.460 e. The molecule has 0 fully saturated rings. The standard InChI is InChI=1S/C31H49IN4O8/c1-29(2,3)42-24(37)17-16-23(26(39)44-31(7,8)9)36-28(41)35-22(25(38)43-30(4,5)6)15-10-11-18-33-27(40)34-21-14-12-13-20(32)19-21/h12-14,19,22-23H,10-11,15-18H2,1-9H3,(H2,33,34,40)(H2,35,36,41)/t22?,23-/m0/s1. The average molecular weight is 733 g/mol. The highest BCUT2D eigenvalue weighted by molar-refractivity contribution is 14.1. The molecule has 248 valence electrons. The van der Waals surface area contributed by atoms with Gasteiger partial charge in [-0.15, -0.1) is 0 Å². The van der Waals surface area contributed by atoms with Crippen molar-refractivity contribution < 1.29 is 38.2 Å². The van der Waals surface area contributed by atoms with Crippen molar-refractivity contribution in [2.45, 2.75) is 123 Å². The number of amides is 4. The molecule has 4 N–H and O–H groups in total. The Hall–Kier alpha value is -3.10. The minimum atomic E-state index is -1.17. The van der Waals surface area contributed by atoms with Gasteiger partial charge in [-0.3, -0.25) is 4.79 Å². The number of hydrogen-bond donors (Lipinski definition) is 4. The molecular weight excluding hydrogens is 683 g/mol. The number of urea groups is 2. The molecule has 0 radical (unpaired) electrons. The van der Waals surface area contributed by atoms with Crippen molar-refractivity contribution in [3.05, 3.63) is 27.8 Å². The van der Waals surface area contributed by atoms with E-state index in [9.17, 15) is 24.0 Å². The normalized spacial score (nSPS) is 13.1. The van der Waals surface area contributed by atoms with E-state index in [1.54, 1.807) is 68.4 Å². The third-order valence-corrected chi connectivity index (χ3v) is 6.01. The van der Waals surface area contributed by atoms with E-state index in [1.807, 2.05) is 18.2 Å². The van der Waals surface area contributed by atoms with Crippen LogP contribution >= 0.6 is 22.6 Å². The summed E-state index contributed by atoms with van der Waals surface area (Å²) in [7, 11) is 0. The number of hydrogen-bond acceptors (Lipinski definition) is 8. The van der Waals surface area contributed by atoms with Gasteiger partial charge in [0.05, 0.1) is 0 Å². The third kappa shape index (κ3) is 18.5. The van der Waals surface area contributed by atoms with Crippen molar-refractivity contribution in [1.82, 2.24) is 16.0 Å². The van der Waals surface area contributed by atoms with Crippen LogP contribution in [-0.4, -0.2) is 65.4 Å². The monoisotopic (exact) mass is 732 g/mol. The van der Waals surface area contributed by atoms with Gasteiger partial charge in [0.25, 0.3) is 0 Å². The zero-order valence-corrected chi connectivity index (χ0v) is 29.5. The zero-order chi connectivity index (χ0) is 33.7. The number of anilines is 1.